The number of rotatable bonds is 5. The van der Waals surface area contributed by atoms with Crippen molar-refractivity contribution in [1.29, 1.82) is 0 Å². The Morgan fingerprint density at radius 2 is 1.85 bits per heavy atom. The smallest absolute Gasteiger partial charge is 0.159 e. The van der Waals surface area contributed by atoms with Crippen molar-refractivity contribution in [3.05, 3.63) is 46.2 Å². The predicted octanol–water partition coefficient (Wildman–Crippen LogP) is 3.57. The number of benzene rings is 1. The highest BCUT2D eigenvalue weighted by molar-refractivity contribution is 6.30. The van der Waals surface area contributed by atoms with Crippen molar-refractivity contribution in [2.45, 2.75) is 26.7 Å². The molecular weight excluding hydrogens is 270 g/mol. The minimum absolute atomic E-state index is 0.708. The fourth-order valence-corrected chi connectivity index (χ4v) is 2.49. The van der Waals surface area contributed by atoms with E-state index in [1.807, 2.05) is 31.3 Å². The lowest BCUT2D eigenvalue weighted by Gasteiger charge is -2.11. The molecule has 1 N–H and O–H groups in total. The van der Waals surface area contributed by atoms with Gasteiger partial charge in [-0.05, 0) is 58.0 Å². The van der Waals surface area contributed by atoms with Crippen LogP contribution in [0, 0.1) is 13.8 Å². The summed E-state index contributed by atoms with van der Waals surface area (Å²) >= 11 is 6.03. The third-order valence-electron chi connectivity index (χ3n) is 3.36. The van der Waals surface area contributed by atoms with E-state index in [2.05, 4.69) is 29.1 Å². The number of aromatic nitrogens is 2. The number of halogens is 1. The Balaban J connectivity index is 2.30. The van der Waals surface area contributed by atoms with E-state index in [9.17, 15) is 0 Å². The van der Waals surface area contributed by atoms with Gasteiger partial charge in [0.15, 0.2) is 5.82 Å². The molecular formula is C16H20ClN3. The molecule has 0 atom stereocenters. The van der Waals surface area contributed by atoms with Crippen LogP contribution in [0.4, 0.5) is 0 Å². The second-order valence-corrected chi connectivity index (χ2v) is 5.35. The summed E-state index contributed by atoms with van der Waals surface area (Å²) in [6, 6.07) is 7.67. The van der Waals surface area contributed by atoms with E-state index in [0.29, 0.717) is 5.02 Å². The fourth-order valence-electron chi connectivity index (χ4n) is 2.30. The summed E-state index contributed by atoms with van der Waals surface area (Å²) in [5.74, 6) is 0.750. The molecule has 1 aromatic heterocycles. The van der Waals surface area contributed by atoms with Gasteiger partial charge >= 0.3 is 0 Å². The van der Waals surface area contributed by atoms with E-state index >= 15 is 0 Å². The molecule has 1 aromatic carbocycles. The van der Waals surface area contributed by atoms with Crippen molar-refractivity contribution in [3.63, 3.8) is 0 Å². The zero-order chi connectivity index (χ0) is 14.5. The molecule has 0 saturated heterocycles. The Morgan fingerprint density at radius 3 is 2.45 bits per heavy atom. The van der Waals surface area contributed by atoms with Crippen LogP contribution in [-0.4, -0.2) is 23.6 Å². The normalized spacial score (nSPS) is 10.8. The zero-order valence-electron chi connectivity index (χ0n) is 12.2. The number of aryl methyl sites for hydroxylation is 2. The molecule has 2 aromatic rings. The minimum Gasteiger partial charge on any atom is -0.320 e. The number of hydrogen-bond acceptors (Lipinski definition) is 3. The summed E-state index contributed by atoms with van der Waals surface area (Å²) in [6.07, 6.45) is 2.10. The molecule has 106 valence electrons. The van der Waals surface area contributed by atoms with Crippen LogP contribution in [0.1, 0.15) is 23.4 Å². The third-order valence-corrected chi connectivity index (χ3v) is 3.59. The van der Waals surface area contributed by atoms with Crippen molar-refractivity contribution in [3.8, 4) is 11.4 Å². The highest BCUT2D eigenvalue weighted by Gasteiger charge is 2.10. The molecule has 0 spiro atoms. The molecule has 0 aliphatic carbocycles. The van der Waals surface area contributed by atoms with E-state index in [1.165, 1.54) is 5.56 Å². The number of nitrogens with zero attached hydrogens (tertiary/aromatic N) is 2. The maximum absolute atomic E-state index is 6.03. The first-order valence-corrected chi connectivity index (χ1v) is 7.24. The lowest BCUT2D eigenvalue weighted by atomic mass is 10.1. The minimum atomic E-state index is 0.708. The van der Waals surface area contributed by atoms with Gasteiger partial charge in [0.1, 0.15) is 0 Å². The van der Waals surface area contributed by atoms with Crippen molar-refractivity contribution in [1.82, 2.24) is 15.3 Å². The topological polar surface area (TPSA) is 37.8 Å². The average Bonchev–Trinajstić information content (AvgIpc) is 2.41. The predicted molar refractivity (Wildman–Crippen MR) is 84.2 cm³/mol. The first-order chi connectivity index (χ1) is 9.61. The maximum atomic E-state index is 6.03. The monoisotopic (exact) mass is 289 g/mol. The lowest BCUT2D eigenvalue weighted by Crippen LogP contribution is -2.10. The molecule has 0 radical (unpaired) electrons. The fraction of sp³-hybridized carbons (Fsp3) is 0.375. The molecule has 0 unspecified atom stereocenters. The molecule has 0 fully saturated rings. The van der Waals surface area contributed by atoms with Crippen LogP contribution in [-0.2, 0) is 6.42 Å². The Labute approximate surface area is 125 Å². The second kappa shape index (κ2) is 6.82. The Hall–Kier alpha value is -1.45. The van der Waals surface area contributed by atoms with Crippen LogP contribution in [0.25, 0.3) is 11.4 Å². The highest BCUT2D eigenvalue weighted by atomic mass is 35.5. The number of nitrogens with one attached hydrogen (secondary N) is 1. The molecule has 0 aliphatic heterocycles. The lowest BCUT2D eigenvalue weighted by molar-refractivity contribution is 0.715. The largest absolute Gasteiger partial charge is 0.320 e. The van der Waals surface area contributed by atoms with Gasteiger partial charge in [-0.25, -0.2) is 9.97 Å². The van der Waals surface area contributed by atoms with E-state index in [1.54, 1.807) is 0 Å². The standard InChI is InChI=1S/C16H20ClN3/c1-11-15(8-5-9-18-3)12(2)20-16(19-11)13-6-4-7-14(17)10-13/h4,6-7,10,18H,5,8-9H2,1-3H3. The Morgan fingerprint density at radius 1 is 1.15 bits per heavy atom. The van der Waals surface area contributed by atoms with Crippen LogP contribution in [0.2, 0.25) is 5.02 Å². The molecule has 0 amide bonds. The average molecular weight is 290 g/mol. The second-order valence-electron chi connectivity index (χ2n) is 4.91. The SMILES string of the molecule is CNCCCc1c(C)nc(-c2cccc(Cl)c2)nc1C. The van der Waals surface area contributed by atoms with Gasteiger partial charge in [0.05, 0.1) is 0 Å². The first kappa shape index (κ1) is 14.9. The molecule has 20 heavy (non-hydrogen) atoms. The van der Waals surface area contributed by atoms with Crippen LogP contribution >= 0.6 is 11.6 Å². The summed E-state index contributed by atoms with van der Waals surface area (Å²) < 4.78 is 0. The Kier molecular flexibility index (Phi) is 5.10. The van der Waals surface area contributed by atoms with Gasteiger partial charge in [0.2, 0.25) is 0 Å². The number of hydrogen-bond donors (Lipinski definition) is 1. The first-order valence-electron chi connectivity index (χ1n) is 6.86. The van der Waals surface area contributed by atoms with Crippen molar-refractivity contribution in [2.75, 3.05) is 13.6 Å². The summed E-state index contributed by atoms with van der Waals surface area (Å²) in [5.41, 5.74) is 4.34. The maximum Gasteiger partial charge on any atom is 0.159 e. The van der Waals surface area contributed by atoms with E-state index < -0.39 is 0 Å². The quantitative estimate of drug-likeness (QED) is 0.855. The summed E-state index contributed by atoms with van der Waals surface area (Å²) in [5, 5.41) is 3.87. The van der Waals surface area contributed by atoms with Gasteiger partial charge in [-0.2, -0.15) is 0 Å². The molecule has 0 bridgehead atoms. The van der Waals surface area contributed by atoms with Gasteiger partial charge in [0, 0.05) is 22.0 Å². The van der Waals surface area contributed by atoms with E-state index in [4.69, 9.17) is 11.6 Å². The Bertz CT molecular complexity index is 573. The molecule has 3 nitrogen and oxygen atoms in total. The van der Waals surface area contributed by atoms with Crippen molar-refractivity contribution >= 4 is 11.6 Å². The molecule has 1 heterocycles. The zero-order valence-corrected chi connectivity index (χ0v) is 13.0. The van der Waals surface area contributed by atoms with Crippen LogP contribution in [0.5, 0.6) is 0 Å². The van der Waals surface area contributed by atoms with Gasteiger partial charge in [0.25, 0.3) is 0 Å². The van der Waals surface area contributed by atoms with Gasteiger partial charge in [-0.3, -0.25) is 0 Å². The van der Waals surface area contributed by atoms with Crippen LogP contribution in [0.15, 0.2) is 24.3 Å². The van der Waals surface area contributed by atoms with E-state index in [-0.39, 0.29) is 0 Å². The highest BCUT2D eigenvalue weighted by Crippen LogP contribution is 2.22. The van der Waals surface area contributed by atoms with Gasteiger partial charge < -0.3 is 5.32 Å². The summed E-state index contributed by atoms with van der Waals surface area (Å²) in [4.78, 5) is 9.27. The van der Waals surface area contributed by atoms with Crippen LogP contribution < -0.4 is 5.32 Å². The van der Waals surface area contributed by atoms with E-state index in [0.717, 1.165) is 42.2 Å². The van der Waals surface area contributed by atoms with Crippen molar-refractivity contribution < 1.29 is 0 Å². The molecule has 0 saturated carbocycles. The molecule has 4 heteroatoms. The van der Waals surface area contributed by atoms with Crippen molar-refractivity contribution in [2.24, 2.45) is 0 Å². The molecule has 0 aliphatic rings. The summed E-state index contributed by atoms with van der Waals surface area (Å²) in [7, 11) is 1.97. The summed E-state index contributed by atoms with van der Waals surface area (Å²) in [6.45, 7) is 5.11. The van der Waals surface area contributed by atoms with Crippen LogP contribution in [0.3, 0.4) is 0 Å². The third kappa shape index (κ3) is 3.56. The van der Waals surface area contributed by atoms with Gasteiger partial charge in [-0.15, -0.1) is 0 Å². The van der Waals surface area contributed by atoms with Gasteiger partial charge in [-0.1, -0.05) is 23.7 Å². The molecule has 2 rings (SSSR count).